The first-order chi connectivity index (χ1) is 19.6. The van der Waals surface area contributed by atoms with E-state index in [-0.39, 0.29) is 35.6 Å². The van der Waals surface area contributed by atoms with Gasteiger partial charge >= 0.3 is 253 Å². The van der Waals surface area contributed by atoms with Gasteiger partial charge in [0, 0.05) is 0 Å². The second kappa shape index (κ2) is 10.7. The average Bonchev–Trinajstić information content (AvgIpc) is 3.24. The van der Waals surface area contributed by atoms with Gasteiger partial charge in [-0.2, -0.15) is 0 Å². The summed E-state index contributed by atoms with van der Waals surface area (Å²) >= 11 is -3.25. The Labute approximate surface area is 275 Å². The van der Waals surface area contributed by atoms with Crippen LogP contribution < -0.4 is 0 Å². The predicted molar refractivity (Wildman–Crippen MR) is 189 cm³/mol. The molecule has 4 aromatic carbocycles. The van der Waals surface area contributed by atoms with Crippen molar-refractivity contribution in [1.82, 2.24) is 0 Å². The standard InChI is InChI=1S/2C17H17.C6H10.2ClH.Hf/c2*1-17(2,3)14-10-13-9-8-12-6-4-5-7-15(12)16(13)11-14;1-2-4-6-5-3-1;;;/h2*4-11H,1-3H3;1-2H,3-6H2;2*1H;. The molecular weight excluding hydrogens is 730 g/mol. The van der Waals surface area contributed by atoms with Crippen molar-refractivity contribution in [1.29, 1.82) is 0 Å². The molecule has 1 heterocycles. The van der Waals surface area contributed by atoms with Gasteiger partial charge in [-0.25, -0.2) is 0 Å². The molecule has 2 fully saturated rings. The maximum atomic E-state index is 2.70. The summed E-state index contributed by atoms with van der Waals surface area (Å²) in [4.78, 5) is 0. The van der Waals surface area contributed by atoms with Crippen LogP contribution in [0, 0.1) is 10.8 Å². The molecule has 1 saturated carbocycles. The van der Waals surface area contributed by atoms with E-state index in [0.717, 1.165) is 7.35 Å². The van der Waals surface area contributed by atoms with Crippen molar-refractivity contribution in [2.24, 2.45) is 10.8 Å². The minimum atomic E-state index is -3.25. The summed E-state index contributed by atoms with van der Waals surface area (Å²) in [6.45, 7) is 15.0. The van der Waals surface area contributed by atoms with Crippen LogP contribution in [0.15, 0.2) is 83.9 Å². The first-order valence-electron chi connectivity index (χ1n) is 16.1. The summed E-state index contributed by atoms with van der Waals surface area (Å²) in [5.74, 6) is 0. The van der Waals surface area contributed by atoms with E-state index in [0.29, 0.717) is 7.35 Å². The van der Waals surface area contributed by atoms with Gasteiger partial charge < -0.3 is 0 Å². The van der Waals surface area contributed by atoms with Crippen molar-refractivity contribution in [2.45, 2.75) is 81.9 Å². The van der Waals surface area contributed by atoms with Crippen LogP contribution in [0.4, 0.5) is 0 Å². The maximum absolute atomic E-state index is 3.25. The van der Waals surface area contributed by atoms with E-state index in [1.54, 1.807) is 33.4 Å². The Morgan fingerprint density at radius 3 is 1.33 bits per heavy atom. The number of allylic oxidation sites excluding steroid dienone is 2. The first-order valence-corrected chi connectivity index (χ1v) is 24.4. The normalized spacial score (nSPS) is 27.4. The van der Waals surface area contributed by atoms with E-state index in [1.807, 2.05) is 0 Å². The molecule has 4 atom stereocenters. The molecule has 43 heavy (non-hydrogen) atoms. The Morgan fingerprint density at radius 2 is 0.930 bits per heavy atom. The topological polar surface area (TPSA) is 0 Å². The summed E-state index contributed by atoms with van der Waals surface area (Å²) in [5, 5.41) is 5.71. The monoisotopic (exact) mass is 776 g/mol. The second-order valence-electron chi connectivity index (χ2n) is 15.6. The van der Waals surface area contributed by atoms with Gasteiger partial charge in [-0.1, -0.05) is 0 Å². The predicted octanol–water partition coefficient (Wildman–Crippen LogP) is 12.8. The van der Waals surface area contributed by atoms with Gasteiger partial charge in [0.2, 0.25) is 0 Å². The minimum Gasteiger partial charge on any atom is -0.147 e. The van der Waals surface area contributed by atoms with Crippen molar-refractivity contribution >= 4 is 58.5 Å². The van der Waals surface area contributed by atoms with Crippen LogP contribution in [0.1, 0.15) is 96.8 Å². The third kappa shape index (κ3) is 4.45. The Kier molecular flexibility index (Phi) is 7.80. The smallest absolute Gasteiger partial charge is 0.147 e. The Balaban J connectivity index is 0.00000165. The number of hydrogen-bond donors (Lipinski definition) is 0. The molecule has 0 amide bonds. The minimum absolute atomic E-state index is 0. The molecule has 1 aliphatic heterocycles. The molecule has 8 rings (SSSR count). The molecule has 0 radical (unpaired) electrons. The van der Waals surface area contributed by atoms with Gasteiger partial charge in [-0.05, 0) is 0 Å². The van der Waals surface area contributed by atoms with Crippen molar-refractivity contribution in [3.05, 3.63) is 106 Å². The molecule has 0 spiro atoms. The van der Waals surface area contributed by atoms with E-state index in [2.05, 4.69) is 126 Å². The van der Waals surface area contributed by atoms with Crippen molar-refractivity contribution in [3.63, 3.8) is 0 Å². The van der Waals surface area contributed by atoms with E-state index < -0.39 is 20.0 Å². The van der Waals surface area contributed by atoms with Crippen LogP contribution in [-0.4, -0.2) is 0 Å². The maximum Gasteiger partial charge on any atom is -0.147 e. The van der Waals surface area contributed by atoms with Gasteiger partial charge in [0.25, 0.3) is 0 Å². The van der Waals surface area contributed by atoms with Gasteiger partial charge in [0.1, 0.15) is 0 Å². The molecule has 1 saturated heterocycles. The largest absolute Gasteiger partial charge is 0.147 e. The molecule has 4 aliphatic rings. The van der Waals surface area contributed by atoms with Crippen molar-refractivity contribution < 1.29 is 20.0 Å². The number of benzene rings is 4. The molecule has 4 aromatic rings. The van der Waals surface area contributed by atoms with Crippen LogP contribution in [0.2, 0.25) is 7.35 Å². The van der Waals surface area contributed by atoms with E-state index in [1.165, 1.54) is 47.2 Å². The SMILES string of the molecule is CC(C)(C)C1=Cc2c(ccc3ccccc23)[CH]1[Hf]1([CH]2C(C(C)(C)C)=Cc3c2ccc2ccccc32)[CH]2CCCC[CH]21.Cl.Cl. The van der Waals surface area contributed by atoms with Crippen LogP contribution in [-0.2, 0) is 20.0 Å². The Hall–Kier alpha value is -1.67. The third-order valence-corrected chi connectivity index (χ3v) is 36.0. The van der Waals surface area contributed by atoms with Crippen molar-refractivity contribution in [3.8, 4) is 0 Å². The summed E-state index contributed by atoms with van der Waals surface area (Å²) in [7, 11) is 0. The van der Waals surface area contributed by atoms with Gasteiger partial charge in [0.15, 0.2) is 0 Å². The molecule has 0 N–H and O–H groups in total. The molecule has 4 unspecified atom stereocenters. The van der Waals surface area contributed by atoms with E-state index in [9.17, 15) is 0 Å². The summed E-state index contributed by atoms with van der Waals surface area (Å²) in [5.41, 5.74) is 10.4. The number of fused-ring (bicyclic) bond motifs is 7. The fourth-order valence-electron chi connectivity index (χ4n) is 9.88. The Bertz CT molecular complexity index is 1660. The van der Waals surface area contributed by atoms with Gasteiger partial charge in [0.05, 0.1) is 0 Å². The first kappa shape index (κ1) is 31.3. The molecule has 3 heteroatoms. The third-order valence-electron chi connectivity index (χ3n) is 11.5. The summed E-state index contributed by atoms with van der Waals surface area (Å²) in [6, 6.07) is 28.3. The molecular formula is C40H46Cl2Hf. The van der Waals surface area contributed by atoms with Gasteiger partial charge in [-0.15, -0.1) is 24.8 Å². The van der Waals surface area contributed by atoms with E-state index >= 15 is 0 Å². The molecule has 224 valence electrons. The molecule has 0 nitrogen and oxygen atoms in total. The fraction of sp³-hybridized carbons (Fsp3) is 0.400. The molecule has 0 bridgehead atoms. The van der Waals surface area contributed by atoms with Crippen LogP contribution in [0.5, 0.6) is 0 Å². The van der Waals surface area contributed by atoms with E-state index in [4.69, 9.17) is 0 Å². The summed E-state index contributed by atoms with van der Waals surface area (Å²) < 4.78 is 3.39. The Morgan fingerprint density at radius 1 is 0.535 bits per heavy atom. The van der Waals surface area contributed by atoms with Crippen LogP contribution in [0.25, 0.3) is 33.7 Å². The summed E-state index contributed by atoms with van der Waals surface area (Å²) in [6.07, 6.45) is 11.3. The van der Waals surface area contributed by atoms with Crippen LogP contribution >= 0.6 is 24.8 Å². The zero-order valence-corrected chi connectivity index (χ0v) is 31.8. The van der Waals surface area contributed by atoms with Crippen molar-refractivity contribution in [2.75, 3.05) is 0 Å². The zero-order chi connectivity index (χ0) is 28.3. The number of hydrogen-bond acceptors (Lipinski definition) is 0. The molecule has 0 aromatic heterocycles. The van der Waals surface area contributed by atoms with Crippen LogP contribution in [0.3, 0.4) is 0 Å². The fourth-order valence-corrected chi connectivity index (χ4v) is 46.6. The average molecular weight is 776 g/mol. The number of rotatable bonds is 2. The quantitative estimate of drug-likeness (QED) is 0.178. The van der Waals surface area contributed by atoms with Gasteiger partial charge in [-0.3, -0.25) is 0 Å². The molecule has 3 aliphatic carbocycles. The number of halogens is 2. The zero-order valence-electron chi connectivity index (χ0n) is 26.5. The second-order valence-corrected chi connectivity index (χ2v) is 32.3.